The Hall–Kier alpha value is -1.93. The van der Waals surface area contributed by atoms with E-state index in [4.69, 9.17) is 4.99 Å². The van der Waals surface area contributed by atoms with Crippen LogP contribution >= 0.6 is 0 Å². The Morgan fingerprint density at radius 3 is 2.00 bits per heavy atom. The predicted octanol–water partition coefficient (Wildman–Crippen LogP) is 5.51. The lowest BCUT2D eigenvalue weighted by Crippen LogP contribution is -2.33. The van der Waals surface area contributed by atoms with E-state index in [9.17, 15) is 0 Å². The maximum atomic E-state index is 4.94. The van der Waals surface area contributed by atoms with Crippen LogP contribution in [-0.4, -0.2) is 23.7 Å². The molecule has 0 N–H and O–H groups in total. The van der Waals surface area contributed by atoms with Crippen LogP contribution in [0.5, 0.6) is 0 Å². The Labute approximate surface area is 147 Å². The number of piperidine rings is 1. The number of aliphatic imine (C=N–C) groups is 1. The first-order valence-corrected chi connectivity index (χ1v) is 9.18. The van der Waals surface area contributed by atoms with Crippen LogP contribution in [0.4, 0.5) is 0 Å². The largest absolute Gasteiger partial charge is 0.298 e. The molecule has 0 aromatic heterocycles. The molecule has 2 nitrogen and oxygen atoms in total. The molecule has 1 aliphatic heterocycles. The number of hydrogen-bond acceptors (Lipinski definition) is 2. The van der Waals surface area contributed by atoms with Gasteiger partial charge in [-0.05, 0) is 30.9 Å². The zero-order valence-electron chi connectivity index (χ0n) is 15.3. The summed E-state index contributed by atoms with van der Waals surface area (Å²) < 4.78 is 0. The maximum absolute atomic E-state index is 4.94. The van der Waals surface area contributed by atoms with Crippen molar-refractivity contribution in [2.45, 2.75) is 46.2 Å². The van der Waals surface area contributed by atoms with Gasteiger partial charge in [0.1, 0.15) is 0 Å². The third-order valence-electron chi connectivity index (χ3n) is 4.34. The highest BCUT2D eigenvalue weighted by Crippen LogP contribution is 2.19. The van der Waals surface area contributed by atoms with E-state index in [1.165, 1.54) is 16.8 Å². The minimum Gasteiger partial charge on any atom is -0.298 e. The lowest BCUT2D eigenvalue weighted by atomic mass is 10.1. The number of likely N-dealkylation sites (tertiary alicyclic amines) is 1. The van der Waals surface area contributed by atoms with Gasteiger partial charge in [0, 0.05) is 25.3 Å². The van der Waals surface area contributed by atoms with Gasteiger partial charge in [0.05, 0.1) is 6.04 Å². The summed E-state index contributed by atoms with van der Waals surface area (Å²) in [5.41, 5.74) is 4.09. The summed E-state index contributed by atoms with van der Waals surface area (Å²) in [5.74, 6) is 0. The van der Waals surface area contributed by atoms with Gasteiger partial charge in [-0.3, -0.25) is 9.89 Å². The van der Waals surface area contributed by atoms with Crippen molar-refractivity contribution in [2.24, 2.45) is 4.99 Å². The van der Waals surface area contributed by atoms with E-state index in [0.29, 0.717) is 0 Å². The Morgan fingerprint density at radius 2 is 1.42 bits per heavy atom. The Bertz CT molecular complexity index is 594. The van der Waals surface area contributed by atoms with Gasteiger partial charge in [-0.25, -0.2) is 0 Å². The number of nitrogens with zero attached hydrogens (tertiary/aromatic N) is 2. The molecule has 0 amide bonds. The fraction of sp³-hybridized carbons (Fsp3) is 0.409. The summed E-state index contributed by atoms with van der Waals surface area (Å²) in [4.78, 5) is 7.47. The second-order valence-electron chi connectivity index (χ2n) is 6.04. The Kier molecular flexibility index (Phi) is 7.70. The lowest BCUT2D eigenvalue weighted by Gasteiger charge is -2.28. The van der Waals surface area contributed by atoms with E-state index in [2.05, 4.69) is 72.5 Å². The molecule has 1 unspecified atom stereocenters. The van der Waals surface area contributed by atoms with E-state index in [1.807, 2.05) is 13.8 Å². The van der Waals surface area contributed by atoms with Crippen molar-refractivity contribution < 1.29 is 0 Å². The van der Waals surface area contributed by atoms with Crippen LogP contribution in [0.15, 0.2) is 65.7 Å². The summed E-state index contributed by atoms with van der Waals surface area (Å²) in [7, 11) is 0. The first-order chi connectivity index (χ1) is 11.8. The second-order valence-corrected chi connectivity index (χ2v) is 6.04. The molecule has 1 aliphatic rings. The Morgan fingerprint density at radius 1 is 0.875 bits per heavy atom. The molecular weight excluding hydrogens is 292 g/mol. The summed E-state index contributed by atoms with van der Waals surface area (Å²) >= 11 is 0. The van der Waals surface area contributed by atoms with E-state index in [0.717, 1.165) is 32.5 Å². The third kappa shape index (κ3) is 5.61. The quantitative estimate of drug-likeness (QED) is 0.724. The average molecular weight is 322 g/mol. The smallest absolute Gasteiger partial charge is 0.0720 e. The number of hydrogen-bond donors (Lipinski definition) is 0. The molecule has 3 rings (SSSR count). The average Bonchev–Trinajstić information content (AvgIpc) is 2.66. The zero-order chi connectivity index (χ0) is 17.2. The summed E-state index contributed by atoms with van der Waals surface area (Å²) in [6.45, 7) is 9.49. The van der Waals surface area contributed by atoms with Gasteiger partial charge >= 0.3 is 0 Å². The van der Waals surface area contributed by atoms with Gasteiger partial charge in [-0.15, -0.1) is 0 Å². The highest BCUT2D eigenvalue weighted by molar-refractivity contribution is 5.85. The molecule has 0 saturated carbocycles. The summed E-state index contributed by atoms with van der Waals surface area (Å²) in [6.07, 6.45) is 2.20. The maximum Gasteiger partial charge on any atom is 0.0720 e. The zero-order valence-corrected chi connectivity index (χ0v) is 15.3. The number of benzene rings is 2. The molecule has 0 bridgehead atoms. The molecule has 2 aromatic rings. The normalized spacial score (nSPS) is 16.0. The predicted molar refractivity (Wildman–Crippen MR) is 105 cm³/mol. The molecule has 1 heterocycles. The summed E-state index contributed by atoms with van der Waals surface area (Å²) in [5, 5.41) is 0. The third-order valence-corrected chi connectivity index (χ3v) is 4.34. The fourth-order valence-corrected chi connectivity index (χ4v) is 3.02. The standard InChI is InChI=1S/C20H24N2.C2H6/c1-17(19-10-6-3-7-11-19)21-20-12-14-22(15-13-20)16-18-8-4-2-5-9-18;1-2/h2-11,17H,12-16H2,1H3;1-2H3. The van der Waals surface area contributed by atoms with Gasteiger partial charge in [-0.1, -0.05) is 74.5 Å². The molecule has 1 fully saturated rings. The minimum atomic E-state index is 0.275. The molecule has 2 aromatic carbocycles. The topological polar surface area (TPSA) is 15.6 Å². The lowest BCUT2D eigenvalue weighted by molar-refractivity contribution is 0.266. The van der Waals surface area contributed by atoms with Gasteiger partial charge in [0.25, 0.3) is 0 Å². The highest BCUT2D eigenvalue weighted by atomic mass is 15.1. The summed E-state index contributed by atoms with van der Waals surface area (Å²) in [6, 6.07) is 21.6. The van der Waals surface area contributed by atoms with Crippen LogP contribution in [0.3, 0.4) is 0 Å². The first kappa shape index (κ1) is 18.4. The molecule has 128 valence electrons. The molecule has 1 atom stereocenters. The van der Waals surface area contributed by atoms with Crippen molar-refractivity contribution in [3.63, 3.8) is 0 Å². The van der Waals surface area contributed by atoms with Crippen LogP contribution in [-0.2, 0) is 6.54 Å². The van der Waals surface area contributed by atoms with Crippen molar-refractivity contribution in [3.05, 3.63) is 71.8 Å². The minimum absolute atomic E-state index is 0.275. The molecule has 24 heavy (non-hydrogen) atoms. The monoisotopic (exact) mass is 322 g/mol. The Balaban J connectivity index is 0.00000100. The second kappa shape index (κ2) is 10.0. The van der Waals surface area contributed by atoms with E-state index >= 15 is 0 Å². The van der Waals surface area contributed by atoms with Crippen LogP contribution in [0.1, 0.15) is 50.8 Å². The van der Waals surface area contributed by atoms with Crippen molar-refractivity contribution in [1.82, 2.24) is 4.90 Å². The van der Waals surface area contributed by atoms with Crippen LogP contribution < -0.4 is 0 Å². The van der Waals surface area contributed by atoms with Crippen LogP contribution in [0.2, 0.25) is 0 Å². The molecule has 2 heteroatoms. The molecule has 1 saturated heterocycles. The van der Waals surface area contributed by atoms with Crippen molar-refractivity contribution in [1.29, 1.82) is 0 Å². The van der Waals surface area contributed by atoms with Gasteiger partial charge in [-0.2, -0.15) is 0 Å². The molecule has 0 radical (unpaired) electrons. The molecular formula is C22H30N2. The van der Waals surface area contributed by atoms with E-state index in [-0.39, 0.29) is 6.04 Å². The van der Waals surface area contributed by atoms with Crippen LogP contribution in [0.25, 0.3) is 0 Å². The van der Waals surface area contributed by atoms with E-state index < -0.39 is 0 Å². The molecule has 0 aliphatic carbocycles. The van der Waals surface area contributed by atoms with E-state index in [1.54, 1.807) is 0 Å². The first-order valence-electron chi connectivity index (χ1n) is 9.18. The van der Waals surface area contributed by atoms with Gasteiger partial charge < -0.3 is 0 Å². The SMILES string of the molecule is CC.CC(N=C1CCN(Cc2ccccc2)CC1)c1ccccc1. The van der Waals surface area contributed by atoms with Crippen molar-refractivity contribution in [2.75, 3.05) is 13.1 Å². The number of rotatable bonds is 4. The van der Waals surface area contributed by atoms with Gasteiger partial charge in [0.15, 0.2) is 0 Å². The molecule has 0 spiro atoms. The van der Waals surface area contributed by atoms with Gasteiger partial charge in [0.2, 0.25) is 0 Å². The fourth-order valence-electron chi connectivity index (χ4n) is 3.02. The highest BCUT2D eigenvalue weighted by Gasteiger charge is 2.16. The van der Waals surface area contributed by atoms with Crippen LogP contribution in [0, 0.1) is 0 Å². The van der Waals surface area contributed by atoms with Crippen molar-refractivity contribution >= 4 is 5.71 Å². The van der Waals surface area contributed by atoms with Crippen molar-refractivity contribution in [3.8, 4) is 0 Å².